The van der Waals surface area contributed by atoms with Crippen molar-refractivity contribution in [3.8, 4) is 0 Å². The van der Waals surface area contributed by atoms with Crippen molar-refractivity contribution in [2.75, 3.05) is 0 Å². The second-order valence-electron chi connectivity index (χ2n) is 2.61. The van der Waals surface area contributed by atoms with Crippen LogP contribution in [0.4, 0.5) is 2.51 Å². The molecule has 0 saturated carbocycles. The van der Waals surface area contributed by atoms with Gasteiger partial charge in [0.2, 0.25) is 0 Å². The van der Waals surface area contributed by atoms with E-state index in [4.69, 9.17) is 0 Å². The Kier molecular flexibility index (Phi) is 5.07. The predicted molar refractivity (Wildman–Crippen MR) is 42.9 cm³/mol. The number of hydrogen-bond acceptors (Lipinski definition) is 0. The Bertz CT molecular complexity index is 69.3. The molecule has 0 saturated heterocycles. The summed E-state index contributed by atoms with van der Waals surface area (Å²) in [6, 6.07) is 0. The molecule has 0 aromatic carbocycles. The van der Waals surface area contributed by atoms with E-state index in [9.17, 15) is 2.51 Å². The summed E-state index contributed by atoms with van der Waals surface area (Å²) in [6.07, 6.45) is 1.06. The van der Waals surface area contributed by atoms with Crippen LogP contribution in [0.15, 0.2) is 0 Å². The van der Waals surface area contributed by atoms with Gasteiger partial charge in [-0.05, 0) is 0 Å². The molecule has 0 aromatic heterocycles. The topological polar surface area (TPSA) is 0 Å². The molecule has 0 aliphatic rings. The zero-order chi connectivity index (χ0) is 7.33. The second-order valence-corrected chi connectivity index (χ2v) is 19.0. The van der Waals surface area contributed by atoms with Gasteiger partial charge in [0, 0.05) is 0 Å². The van der Waals surface area contributed by atoms with Gasteiger partial charge in [0.25, 0.3) is 0 Å². The Hall–Kier alpha value is 0.852. The summed E-state index contributed by atoms with van der Waals surface area (Å²) in [7, 11) is 0. The molecule has 0 aliphatic heterocycles. The fraction of sp³-hybridized carbons (Fsp3) is 1.00. The van der Waals surface area contributed by atoms with Crippen molar-refractivity contribution >= 4 is 21.8 Å². The Morgan fingerprint density at radius 1 is 1.11 bits per heavy atom. The van der Waals surface area contributed by atoms with Gasteiger partial charge in [0.1, 0.15) is 0 Å². The Morgan fingerprint density at radius 2 is 1.56 bits per heavy atom. The van der Waals surface area contributed by atoms with Crippen molar-refractivity contribution in [2.45, 2.75) is 39.1 Å². The third-order valence-corrected chi connectivity index (χ3v) is 17.2. The Labute approximate surface area is 63.4 Å². The van der Waals surface area contributed by atoms with Crippen molar-refractivity contribution in [1.29, 1.82) is 0 Å². The molecule has 0 nitrogen and oxygen atoms in total. The van der Waals surface area contributed by atoms with Crippen LogP contribution in [0, 0.1) is 0 Å². The first kappa shape index (κ1) is 9.85. The van der Waals surface area contributed by atoms with Crippen molar-refractivity contribution in [3.05, 3.63) is 0 Å². The van der Waals surface area contributed by atoms with E-state index in [1.54, 1.807) is 0 Å². The molecular weight excluding hydrogens is 310 g/mol. The molecule has 0 spiro atoms. The average Bonchev–Trinajstić information content (AvgIpc) is 1.89. The minimum absolute atomic E-state index is 0.886. The third-order valence-electron chi connectivity index (χ3n) is 1.97. The van der Waals surface area contributed by atoms with E-state index in [0.717, 1.165) is 18.4 Å². The molecule has 0 rings (SSSR count). The monoisotopic (exact) mass is 328 g/mol. The molecule has 0 amide bonds. The number of halogens is 1. The maximum atomic E-state index is 13.5. The minimum atomic E-state index is -3.00. The van der Waals surface area contributed by atoms with E-state index in [0.29, 0.717) is 0 Å². The molecule has 0 aromatic rings. The first-order valence-electron chi connectivity index (χ1n) is 3.87. The van der Waals surface area contributed by atoms with Crippen molar-refractivity contribution in [3.63, 3.8) is 0 Å². The Morgan fingerprint density at radius 3 is 1.67 bits per heavy atom. The molecule has 0 heterocycles. The van der Waals surface area contributed by atoms with Crippen LogP contribution >= 0.6 is 0 Å². The maximum absolute atomic E-state index is 13.5. The van der Waals surface area contributed by atoms with Crippen LogP contribution in [0.5, 0.6) is 0 Å². The van der Waals surface area contributed by atoms with Gasteiger partial charge in [0.15, 0.2) is 0 Å². The molecule has 0 bridgehead atoms. The molecule has 0 fully saturated rings. The quantitative estimate of drug-likeness (QED) is 0.695. The molecule has 56 valence electrons. The zero-order valence-corrected chi connectivity index (χ0v) is 10.6. The predicted octanol–water partition coefficient (Wildman–Crippen LogP) is 3.35. The summed E-state index contributed by atoms with van der Waals surface area (Å²) in [6.45, 7) is 6.11. The SMILES string of the molecule is CC[CH2][Pb]([F])([CH2]C)[CH2]C. The average molecular weight is 327 g/mol. The molecule has 2 heteroatoms. The van der Waals surface area contributed by atoms with Crippen molar-refractivity contribution in [2.24, 2.45) is 0 Å². The van der Waals surface area contributed by atoms with E-state index < -0.39 is 21.8 Å². The van der Waals surface area contributed by atoms with Crippen LogP contribution < -0.4 is 0 Å². The van der Waals surface area contributed by atoms with Gasteiger partial charge < -0.3 is 0 Å². The van der Waals surface area contributed by atoms with Crippen molar-refractivity contribution in [1.82, 2.24) is 0 Å². The van der Waals surface area contributed by atoms with Gasteiger partial charge in [-0.2, -0.15) is 0 Å². The normalized spacial score (nSPS) is 12.0. The van der Waals surface area contributed by atoms with Gasteiger partial charge in [-0.25, -0.2) is 0 Å². The Balaban J connectivity index is 3.62. The van der Waals surface area contributed by atoms with Crippen LogP contribution in [-0.4, -0.2) is 21.8 Å². The molecule has 0 radical (unpaired) electrons. The summed E-state index contributed by atoms with van der Waals surface area (Å²) in [5, 5.41) is 0. The third kappa shape index (κ3) is 3.53. The van der Waals surface area contributed by atoms with Gasteiger partial charge >= 0.3 is 63.4 Å². The van der Waals surface area contributed by atoms with Crippen LogP contribution in [0.3, 0.4) is 0 Å². The second kappa shape index (κ2) is 4.63. The van der Waals surface area contributed by atoms with Crippen LogP contribution in [0.2, 0.25) is 11.9 Å². The first-order valence-corrected chi connectivity index (χ1v) is 13.6. The molecular formula is C7H17FPb. The summed E-state index contributed by atoms with van der Waals surface area (Å²) in [5.41, 5.74) is 0. The van der Waals surface area contributed by atoms with E-state index >= 15 is 0 Å². The van der Waals surface area contributed by atoms with Crippen LogP contribution in [0.25, 0.3) is 0 Å². The van der Waals surface area contributed by atoms with E-state index in [-0.39, 0.29) is 0 Å². The zero-order valence-electron chi connectivity index (χ0n) is 6.71. The van der Waals surface area contributed by atoms with E-state index in [1.165, 1.54) is 0 Å². The van der Waals surface area contributed by atoms with E-state index in [1.807, 2.05) is 13.8 Å². The fourth-order valence-electron chi connectivity index (χ4n) is 1.05. The molecule has 0 unspecified atom stereocenters. The molecule has 0 atom stereocenters. The number of rotatable bonds is 4. The first-order chi connectivity index (χ1) is 4.18. The fourth-order valence-corrected chi connectivity index (χ4v) is 9.23. The van der Waals surface area contributed by atoms with Gasteiger partial charge in [-0.15, -0.1) is 0 Å². The van der Waals surface area contributed by atoms with Crippen LogP contribution in [0.1, 0.15) is 27.2 Å². The molecule has 0 aliphatic carbocycles. The molecule has 0 N–H and O–H groups in total. The standard InChI is InChI=1S/C3H7.2C2H5.FH.Pb/c1-3-2;2*1-2;;/h1,3H2,2H3;2*1H2,2H3;1H;/q;;;;+1/p-1. The number of hydrogen-bond donors (Lipinski definition) is 0. The summed E-state index contributed by atoms with van der Waals surface area (Å²) >= 11 is -3.00. The summed E-state index contributed by atoms with van der Waals surface area (Å²) in [4.78, 5) is 0. The van der Waals surface area contributed by atoms with Crippen molar-refractivity contribution < 1.29 is 2.51 Å². The van der Waals surface area contributed by atoms with Gasteiger partial charge in [-0.3, -0.25) is 0 Å². The summed E-state index contributed by atoms with van der Waals surface area (Å²) in [5.74, 6) is 0. The van der Waals surface area contributed by atoms with Crippen LogP contribution in [-0.2, 0) is 0 Å². The van der Waals surface area contributed by atoms with Gasteiger partial charge in [-0.1, -0.05) is 0 Å². The summed E-state index contributed by atoms with van der Waals surface area (Å²) < 4.78 is 16.2. The van der Waals surface area contributed by atoms with E-state index in [2.05, 4.69) is 6.92 Å². The molecule has 9 heavy (non-hydrogen) atoms. The van der Waals surface area contributed by atoms with Gasteiger partial charge in [0.05, 0.1) is 0 Å².